The predicted molar refractivity (Wildman–Crippen MR) is 126 cm³/mol. The van der Waals surface area contributed by atoms with Gasteiger partial charge < -0.3 is 14.6 Å². The molecule has 2 N–H and O–H groups in total. The molecule has 2 rings (SSSR count). The number of aromatic nitrogens is 1. The lowest BCUT2D eigenvalue weighted by molar-refractivity contribution is -0.116. The van der Waals surface area contributed by atoms with Gasteiger partial charge in [0.15, 0.2) is 0 Å². The lowest BCUT2D eigenvalue weighted by Gasteiger charge is -2.20. The average molecular weight is 497 g/mol. The van der Waals surface area contributed by atoms with Gasteiger partial charge in [0.05, 0.1) is 10.6 Å². The van der Waals surface area contributed by atoms with Crippen LogP contribution in [0.25, 0.3) is 0 Å². The van der Waals surface area contributed by atoms with E-state index in [-0.39, 0.29) is 29.4 Å². The number of hydrogen-bond acceptors (Lipinski definition) is 6. The Morgan fingerprint density at radius 3 is 2.32 bits per heavy atom. The Balaban J connectivity index is 2.19. The van der Waals surface area contributed by atoms with Crippen LogP contribution in [0.1, 0.15) is 34.6 Å². The van der Waals surface area contributed by atoms with E-state index in [1.54, 1.807) is 34.6 Å². The molecule has 0 fully saturated rings. The molecule has 10 nitrogen and oxygen atoms in total. The van der Waals surface area contributed by atoms with Gasteiger partial charge in [-0.3, -0.25) is 14.9 Å². The zero-order chi connectivity index (χ0) is 25.7. The topological polar surface area (TPSA) is 127 Å². The van der Waals surface area contributed by atoms with Crippen LogP contribution in [0.3, 0.4) is 0 Å². The molecule has 0 atom stereocenters. The van der Waals surface area contributed by atoms with Crippen LogP contribution in [-0.2, 0) is 26.1 Å². The number of benzene rings is 1. The van der Waals surface area contributed by atoms with Crippen molar-refractivity contribution in [3.05, 3.63) is 52.7 Å². The van der Waals surface area contributed by atoms with Gasteiger partial charge in [0.2, 0.25) is 15.9 Å². The zero-order valence-corrected chi connectivity index (χ0v) is 20.5. The van der Waals surface area contributed by atoms with Crippen molar-refractivity contribution in [1.29, 1.82) is 0 Å². The minimum atomic E-state index is -3.82. The highest BCUT2D eigenvalue weighted by Crippen LogP contribution is 2.21. The number of amides is 2. The first-order valence-electron chi connectivity index (χ1n) is 10.6. The second-order valence-electron chi connectivity index (χ2n) is 8.29. The molecule has 0 aliphatic rings. The Morgan fingerprint density at radius 1 is 1.09 bits per heavy atom. The molecule has 0 saturated heterocycles. The number of rotatable bonds is 8. The van der Waals surface area contributed by atoms with Gasteiger partial charge in [-0.15, -0.1) is 0 Å². The highest BCUT2D eigenvalue weighted by atomic mass is 32.2. The fourth-order valence-corrected chi connectivity index (χ4v) is 4.44. The molecule has 186 valence electrons. The molecule has 2 amide bonds. The number of carbonyl (C=O) groups excluding carboxylic acids is 2. The average Bonchev–Trinajstić information content (AvgIpc) is 2.71. The van der Waals surface area contributed by atoms with Crippen molar-refractivity contribution in [3.8, 4) is 0 Å². The quantitative estimate of drug-likeness (QED) is 0.579. The predicted octanol–water partition coefficient (Wildman–Crippen LogP) is 3.00. The number of sulfonamides is 1. The minimum absolute atomic E-state index is 0.116. The maximum atomic E-state index is 14.1. The lowest BCUT2D eigenvalue weighted by Crippen LogP contribution is -2.33. The number of halogens is 1. The fourth-order valence-electron chi connectivity index (χ4n) is 2.97. The van der Waals surface area contributed by atoms with E-state index >= 15 is 0 Å². The largest absolute Gasteiger partial charge is 0.444 e. The van der Waals surface area contributed by atoms with Crippen LogP contribution >= 0.6 is 0 Å². The number of hydrogen-bond donors (Lipinski definition) is 2. The highest BCUT2D eigenvalue weighted by molar-refractivity contribution is 7.89. The molecule has 0 radical (unpaired) electrons. The van der Waals surface area contributed by atoms with Crippen LogP contribution in [0.4, 0.5) is 20.6 Å². The Hall–Kier alpha value is -3.25. The molecular weight excluding hydrogens is 467 g/mol. The Labute approximate surface area is 197 Å². The molecule has 0 spiro atoms. The van der Waals surface area contributed by atoms with Gasteiger partial charge in [-0.2, -0.15) is 4.31 Å². The standard InChI is InChI=1S/C22H29FN4O6S/c1-6-27(7-2)34(31,32)16-9-11-20(29)26(13-16)14-19(28)24-15-8-10-17(23)18(12-15)25-21(30)33-22(3,4)5/h8-13H,6-7,14H2,1-5H3,(H,24,28)(H,25,30). The number of pyridine rings is 1. The monoisotopic (exact) mass is 496 g/mol. The van der Waals surface area contributed by atoms with Gasteiger partial charge in [0.25, 0.3) is 5.56 Å². The summed E-state index contributed by atoms with van der Waals surface area (Å²) < 4.78 is 46.8. The van der Waals surface area contributed by atoms with Gasteiger partial charge in [-0.1, -0.05) is 13.8 Å². The SMILES string of the molecule is CCN(CC)S(=O)(=O)c1ccc(=O)n(CC(=O)Nc2ccc(F)c(NC(=O)OC(C)(C)C)c2)c1. The summed E-state index contributed by atoms with van der Waals surface area (Å²) in [6.45, 7) is 8.38. The maximum Gasteiger partial charge on any atom is 0.412 e. The molecular formula is C22H29FN4O6S. The van der Waals surface area contributed by atoms with Gasteiger partial charge in [-0.05, 0) is 45.0 Å². The van der Waals surface area contributed by atoms with E-state index in [0.717, 1.165) is 22.9 Å². The van der Waals surface area contributed by atoms with Crippen LogP contribution in [0.15, 0.2) is 46.2 Å². The Morgan fingerprint density at radius 2 is 1.74 bits per heavy atom. The number of carbonyl (C=O) groups is 2. The van der Waals surface area contributed by atoms with Crippen LogP contribution in [0, 0.1) is 5.82 Å². The van der Waals surface area contributed by atoms with Crippen molar-refractivity contribution in [1.82, 2.24) is 8.87 Å². The van der Waals surface area contributed by atoms with Crippen molar-refractivity contribution in [2.45, 2.75) is 51.7 Å². The van der Waals surface area contributed by atoms with Crippen molar-refractivity contribution >= 4 is 33.4 Å². The summed E-state index contributed by atoms with van der Waals surface area (Å²) in [5.74, 6) is -1.40. The molecule has 1 aromatic heterocycles. The normalized spacial score (nSPS) is 11.9. The molecule has 34 heavy (non-hydrogen) atoms. The third kappa shape index (κ3) is 7.12. The summed E-state index contributed by atoms with van der Waals surface area (Å²) in [7, 11) is -3.82. The summed E-state index contributed by atoms with van der Waals surface area (Å²) >= 11 is 0. The molecule has 0 saturated carbocycles. The first-order valence-corrected chi connectivity index (χ1v) is 12.0. The number of ether oxygens (including phenoxy) is 1. The second-order valence-corrected chi connectivity index (χ2v) is 10.2. The first-order chi connectivity index (χ1) is 15.8. The summed E-state index contributed by atoms with van der Waals surface area (Å²) in [6, 6.07) is 5.79. The minimum Gasteiger partial charge on any atom is -0.444 e. The molecule has 0 bridgehead atoms. The van der Waals surface area contributed by atoms with E-state index < -0.39 is 45.5 Å². The van der Waals surface area contributed by atoms with E-state index in [1.807, 2.05) is 0 Å². The van der Waals surface area contributed by atoms with Crippen LogP contribution < -0.4 is 16.2 Å². The summed E-state index contributed by atoms with van der Waals surface area (Å²) in [5.41, 5.74) is -1.42. The van der Waals surface area contributed by atoms with E-state index in [2.05, 4.69) is 10.6 Å². The fraction of sp³-hybridized carbons (Fsp3) is 0.409. The molecule has 1 heterocycles. The highest BCUT2D eigenvalue weighted by Gasteiger charge is 2.23. The maximum absolute atomic E-state index is 14.1. The Kier molecular flexibility index (Phi) is 8.56. The van der Waals surface area contributed by atoms with Crippen LogP contribution in [-0.4, -0.2) is 48.0 Å². The van der Waals surface area contributed by atoms with E-state index in [0.29, 0.717) is 0 Å². The number of anilines is 2. The summed E-state index contributed by atoms with van der Waals surface area (Å²) in [5, 5.41) is 4.76. The van der Waals surface area contributed by atoms with Crippen molar-refractivity contribution in [3.63, 3.8) is 0 Å². The van der Waals surface area contributed by atoms with E-state index in [1.165, 1.54) is 22.5 Å². The number of nitrogens with zero attached hydrogens (tertiary/aromatic N) is 2. The lowest BCUT2D eigenvalue weighted by atomic mass is 10.2. The summed E-state index contributed by atoms with van der Waals surface area (Å²) in [4.78, 5) is 36.5. The zero-order valence-electron chi connectivity index (χ0n) is 19.7. The van der Waals surface area contributed by atoms with Gasteiger partial charge >= 0.3 is 6.09 Å². The first kappa shape index (κ1) is 27.0. The molecule has 0 aliphatic carbocycles. The van der Waals surface area contributed by atoms with E-state index in [9.17, 15) is 27.2 Å². The molecule has 2 aromatic rings. The third-order valence-corrected chi connectivity index (χ3v) is 6.53. The van der Waals surface area contributed by atoms with Gasteiger partial charge in [0, 0.05) is 31.0 Å². The van der Waals surface area contributed by atoms with Gasteiger partial charge in [-0.25, -0.2) is 17.6 Å². The van der Waals surface area contributed by atoms with Gasteiger partial charge in [0.1, 0.15) is 18.0 Å². The van der Waals surface area contributed by atoms with Crippen molar-refractivity contribution < 1.29 is 27.1 Å². The van der Waals surface area contributed by atoms with Crippen LogP contribution in [0.2, 0.25) is 0 Å². The summed E-state index contributed by atoms with van der Waals surface area (Å²) in [6.07, 6.45) is 0.239. The molecule has 0 unspecified atom stereocenters. The van der Waals surface area contributed by atoms with Crippen LogP contribution in [0.5, 0.6) is 0 Å². The smallest absolute Gasteiger partial charge is 0.412 e. The third-order valence-electron chi connectivity index (χ3n) is 4.50. The molecule has 1 aromatic carbocycles. The Bertz CT molecular complexity index is 1220. The van der Waals surface area contributed by atoms with Crippen molar-refractivity contribution in [2.75, 3.05) is 23.7 Å². The van der Waals surface area contributed by atoms with Crippen molar-refractivity contribution in [2.24, 2.45) is 0 Å². The molecule has 0 aliphatic heterocycles. The molecule has 12 heteroatoms. The second kappa shape index (κ2) is 10.8. The number of nitrogens with one attached hydrogen (secondary N) is 2. The van der Waals surface area contributed by atoms with E-state index in [4.69, 9.17) is 4.74 Å².